The molecule has 0 saturated carbocycles. The number of nitrogens with zero attached hydrogens (tertiary/aromatic N) is 2. The fraction of sp³-hybridized carbons (Fsp3) is 0.500. The Hall–Kier alpha value is -2.38. The van der Waals surface area contributed by atoms with Crippen molar-refractivity contribution in [2.75, 3.05) is 26.7 Å². The molecule has 6 nitrogen and oxygen atoms in total. The van der Waals surface area contributed by atoms with E-state index in [1.807, 2.05) is 23.1 Å². The average molecular weight is 471 g/mol. The summed E-state index contributed by atoms with van der Waals surface area (Å²) in [5.74, 6) is 1.37. The molecule has 3 atom stereocenters. The van der Waals surface area contributed by atoms with Crippen LogP contribution in [0.15, 0.2) is 53.4 Å². The number of piperidine rings is 1. The lowest BCUT2D eigenvalue weighted by molar-refractivity contribution is 0.0736. The van der Waals surface area contributed by atoms with Gasteiger partial charge in [0.2, 0.25) is 10.0 Å². The number of methoxy groups -OCH3 is 1. The van der Waals surface area contributed by atoms with Gasteiger partial charge in [0.1, 0.15) is 5.75 Å². The van der Waals surface area contributed by atoms with E-state index in [1.165, 1.54) is 0 Å². The first-order valence-corrected chi connectivity index (χ1v) is 13.3. The summed E-state index contributed by atoms with van der Waals surface area (Å²) in [6.07, 6.45) is 3.67. The van der Waals surface area contributed by atoms with Crippen LogP contribution in [0.3, 0.4) is 0 Å². The van der Waals surface area contributed by atoms with Crippen LogP contribution in [0.25, 0.3) is 0 Å². The molecule has 0 aromatic heterocycles. The first kappa shape index (κ1) is 23.8. The Balaban J connectivity index is 1.53. The number of amides is 1. The molecule has 2 aromatic carbocycles. The minimum Gasteiger partial charge on any atom is -0.497 e. The molecule has 0 N–H and O–H groups in total. The van der Waals surface area contributed by atoms with E-state index in [0.29, 0.717) is 37.0 Å². The average Bonchev–Trinajstić information content (AvgIpc) is 3.26. The molecule has 33 heavy (non-hydrogen) atoms. The number of carbonyl (C=O) groups excluding carboxylic acids is 1. The van der Waals surface area contributed by atoms with Crippen LogP contribution in [0, 0.1) is 11.8 Å². The molecule has 0 spiro atoms. The van der Waals surface area contributed by atoms with Crippen LogP contribution in [-0.4, -0.2) is 56.3 Å². The van der Waals surface area contributed by atoms with Gasteiger partial charge >= 0.3 is 0 Å². The summed E-state index contributed by atoms with van der Waals surface area (Å²) in [5, 5.41) is 0. The van der Waals surface area contributed by atoms with E-state index in [9.17, 15) is 13.2 Å². The van der Waals surface area contributed by atoms with E-state index in [2.05, 4.69) is 19.9 Å². The van der Waals surface area contributed by atoms with E-state index in [4.69, 9.17) is 4.74 Å². The van der Waals surface area contributed by atoms with Gasteiger partial charge in [0, 0.05) is 31.2 Å². The smallest absolute Gasteiger partial charge is 0.254 e. The van der Waals surface area contributed by atoms with Gasteiger partial charge in [-0.2, -0.15) is 4.31 Å². The summed E-state index contributed by atoms with van der Waals surface area (Å²) in [5.41, 5.74) is 1.57. The fourth-order valence-corrected chi connectivity index (χ4v) is 7.02. The normalized spacial score (nSPS) is 24.1. The highest BCUT2D eigenvalue weighted by Gasteiger charge is 2.33. The fourth-order valence-electron chi connectivity index (χ4n) is 5.29. The zero-order valence-corrected chi connectivity index (χ0v) is 20.6. The van der Waals surface area contributed by atoms with Crippen LogP contribution in [0.4, 0.5) is 0 Å². The molecule has 2 saturated heterocycles. The maximum Gasteiger partial charge on any atom is 0.254 e. The Morgan fingerprint density at radius 2 is 1.79 bits per heavy atom. The van der Waals surface area contributed by atoms with Crippen molar-refractivity contribution in [3.8, 4) is 5.75 Å². The van der Waals surface area contributed by atoms with Crippen molar-refractivity contribution in [2.24, 2.45) is 11.8 Å². The molecule has 4 rings (SSSR count). The third kappa shape index (κ3) is 5.25. The van der Waals surface area contributed by atoms with Gasteiger partial charge in [-0.05, 0) is 73.4 Å². The minimum absolute atomic E-state index is 0.0914. The predicted molar refractivity (Wildman–Crippen MR) is 129 cm³/mol. The Morgan fingerprint density at radius 3 is 2.52 bits per heavy atom. The minimum atomic E-state index is -3.63. The van der Waals surface area contributed by atoms with E-state index in [-0.39, 0.29) is 16.8 Å². The lowest BCUT2D eigenvalue weighted by atomic mass is 9.94. The molecule has 0 aliphatic carbocycles. The third-order valence-electron chi connectivity index (χ3n) is 6.80. The molecule has 2 aliphatic rings. The molecule has 2 heterocycles. The van der Waals surface area contributed by atoms with E-state index in [1.54, 1.807) is 35.7 Å². The van der Waals surface area contributed by atoms with Crippen LogP contribution in [0.2, 0.25) is 0 Å². The molecule has 0 bridgehead atoms. The summed E-state index contributed by atoms with van der Waals surface area (Å²) in [4.78, 5) is 15.5. The van der Waals surface area contributed by atoms with Gasteiger partial charge in [0.25, 0.3) is 5.91 Å². The topological polar surface area (TPSA) is 66.9 Å². The molecule has 2 fully saturated rings. The highest BCUT2D eigenvalue weighted by molar-refractivity contribution is 7.89. The van der Waals surface area contributed by atoms with Crippen molar-refractivity contribution in [1.29, 1.82) is 0 Å². The molecular weight excluding hydrogens is 436 g/mol. The van der Waals surface area contributed by atoms with Crippen molar-refractivity contribution in [2.45, 2.75) is 50.5 Å². The van der Waals surface area contributed by atoms with Gasteiger partial charge < -0.3 is 9.64 Å². The van der Waals surface area contributed by atoms with Crippen molar-refractivity contribution in [3.63, 3.8) is 0 Å². The predicted octanol–water partition coefficient (Wildman–Crippen LogP) is 4.21. The van der Waals surface area contributed by atoms with Gasteiger partial charge in [-0.1, -0.05) is 32.0 Å². The zero-order chi connectivity index (χ0) is 23.6. The Labute approximate surface area is 197 Å². The zero-order valence-electron chi connectivity index (χ0n) is 19.7. The molecule has 7 heteroatoms. The number of hydrogen-bond acceptors (Lipinski definition) is 4. The van der Waals surface area contributed by atoms with E-state index in [0.717, 1.165) is 37.0 Å². The van der Waals surface area contributed by atoms with Crippen LogP contribution in [0.5, 0.6) is 5.75 Å². The standard InChI is InChI=1S/C26H34N2O4S/c1-19-13-20(2)18-27(17-19)33(30,31)25-11-5-8-22(16-25)26(29)28-12-6-9-23(28)14-21-7-4-10-24(15-21)32-3/h4-5,7-8,10-11,15-16,19-20,23H,6,9,12-14,17-18H2,1-3H3. The SMILES string of the molecule is COc1cccc(CC2CCCN2C(=O)c2cccc(S(=O)(=O)N3CC(C)CC(C)C3)c2)c1. The first-order chi connectivity index (χ1) is 15.8. The van der Waals surface area contributed by atoms with Crippen LogP contribution in [-0.2, 0) is 16.4 Å². The third-order valence-corrected chi connectivity index (χ3v) is 8.63. The lowest BCUT2D eigenvalue weighted by Gasteiger charge is -2.34. The van der Waals surface area contributed by atoms with Gasteiger partial charge in [0.15, 0.2) is 0 Å². The molecule has 178 valence electrons. The molecule has 2 aromatic rings. The van der Waals surface area contributed by atoms with Crippen molar-refractivity contribution >= 4 is 15.9 Å². The molecular formula is C26H34N2O4S. The van der Waals surface area contributed by atoms with Gasteiger partial charge in [-0.25, -0.2) is 8.42 Å². The maximum atomic E-state index is 13.4. The summed E-state index contributed by atoms with van der Waals surface area (Å²) in [6, 6.07) is 14.6. The number of carbonyl (C=O) groups is 1. The van der Waals surface area contributed by atoms with Crippen molar-refractivity contribution < 1.29 is 17.9 Å². The highest BCUT2D eigenvalue weighted by atomic mass is 32.2. The van der Waals surface area contributed by atoms with Gasteiger partial charge in [0.05, 0.1) is 12.0 Å². The number of ether oxygens (including phenoxy) is 1. The Morgan fingerprint density at radius 1 is 1.06 bits per heavy atom. The second-order valence-corrected chi connectivity index (χ2v) is 11.6. The largest absolute Gasteiger partial charge is 0.497 e. The number of likely N-dealkylation sites (tertiary alicyclic amines) is 1. The summed E-state index contributed by atoms with van der Waals surface area (Å²) >= 11 is 0. The quantitative estimate of drug-likeness (QED) is 0.634. The summed E-state index contributed by atoms with van der Waals surface area (Å²) in [7, 11) is -1.98. The number of rotatable bonds is 6. The molecule has 2 aliphatic heterocycles. The van der Waals surface area contributed by atoms with Crippen LogP contribution in [0.1, 0.15) is 49.0 Å². The number of sulfonamides is 1. The number of benzene rings is 2. The van der Waals surface area contributed by atoms with Crippen LogP contribution >= 0.6 is 0 Å². The second-order valence-electron chi connectivity index (χ2n) is 9.65. The monoisotopic (exact) mass is 470 g/mol. The Bertz CT molecular complexity index is 1090. The van der Waals surface area contributed by atoms with Crippen LogP contribution < -0.4 is 4.74 Å². The first-order valence-electron chi connectivity index (χ1n) is 11.8. The van der Waals surface area contributed by atoms with Crippen molar-refractivity contribution in [1.82, 2.24) is 9.21 Å². The second kappa shape index (κ2) is 9.85. The summed E-state index contributed by atoms with van der Waals surface area (Å²) < 4.78 is 33.6. The van der Waals surface area contributed by atoms with E-state index < -0.39 is 10.0 Å². The number of hydrogen-bond donors (Lipinski definition) is 0. The molecule has 0 radical (unpaired) electrons. The Kier molecular flexibility index (Phi) is 7.10. The molecule has 3 unspecified atom stereocenters. The summed E-state index contributed by atoms with van der Waals surface area (Å²) in [6.45, 7) is 5.92. The molecule has 1 amide bonds. The highest BCUT2D eigenvalue weighted by Crippen LogP contribution is 2.29. The van der Waals surface area contributed by atoms with Gasteiger partial charge in [-0.3, -0.25) is 4.79 Å². The van der Waals surface area contributed by atoms with Crippen molar-refractivity contribution in [3.05, 3.63) is 59.7 Å². The van der Waals surface area contributed by atoms with Gasteiger partial charge in [-0.15, -0.1) is 0 Å². The maximum absolute atomic E-state index is 13.4. The van der Waals surface area contributed by atoms with E-state index >= 15 is 0 Å². The lowest BCUT2D eigenvalue weighted by Crippen LogP contribution is -2.42.